The highest BCUT2D eigenvalue weighted by molar-refractivity contribution is 7.14. The number of rotatable bonds is 4. The molecule has 92 valence electrons. The van der Waals surface area contributed by atoms with Crippen molar-refractivity contribution >= 4 is 28.3 Å². The molecule has 0 unspecified atom stereocenters. The average molecular weight is 264 g/mol. The highest BCUT2D eigenvalue weighted by Gasteiger charge is 2.10. The molecule has 0 fully saturated rings. The van der Waals surface area contributed by atoms with Crippen LogP contribution in [0.15, 0.2) is 24.1 Å². The predicted molar refractivity (Wildman–Crippen MR) is 63.4 cm³/mol. The van der Waals surface area contributed by atoms with Gasteiger partial charge in [0.2, 0.25) is 0 Å². The maximum atomic E-state index is 11.7. The van der Waals surface area contributed by atoms with Crippen LogP contribution in [0.3, 0.4) is 0 Å². The van der Waals surface area contributed by atoms with Crippen molar-refractivity contribution in [3.05, 3.63) is 35.4 Å². The zero-order valence-electron chi connectivity index (χ0n) is 9.03. The molecule has 0 aliphatic carbocycles. The normalized spacial score (nSPS) is 10.0. The summed E-state index contributed by atoms with van der Waals surface area (Å²) in [5.41, 5.74) is 0.722. The van der Waals surface area contributed by atoms with Crippen LogP contribution in [0.25, 0.3) is 0 Å². The average Bonchev–Trinajstić information content (AvgIpc) is 2.76. The van der Waals surface area contributed by atoms with Crippen LogP contribution in [0, 0.1) is 0 Å². The first kappa shape index (κ1) is 12.1. The molecule has 7 nitrogen and oxygen atoms in total. The highest BCUT2D eigenvalue weighted by Crippen LogP contribution is 2.16. The Morgan fingerprint density at radius 3 is 2.72 bits per heavy atom. The summed E-state index contributed by atoms with van der Waals surface area (Å²) in [4.78, 5) is 33.6. The van der Waals surface area contributed by atoms with E-state index in [0.717, 1.165) is 0 Å². The van der Waals surface area contributed by atoms with Crippen LogP contribution in [0.4, 0.5) is 5.13 Å². The minimum absolute atomic E-state index is 0.166. The van der Waals surface area contributed by atoms with Gasteiger partial charge in [-0.1, -0.05) is 0 Å². The van der Waals surface area contributed by atoms with E-state index in [1.165, 1.54) is 30.1 Å². The largest absolute Gasteiger partial charge is 0.481 e. The summed E-state index contributed by atoms with van der Waals surface area (Å²) < 4.78 is 0. The summed E-state index contributed by atoms with van der Waals surface area (Å²) in [7, 11) is 0. The molecule has 0 aliphatic rings. The molecule has 2 rings (SSSR count). The van der Waals surface area contributed by atoms with E-state index in [4.69, 9.17) is 5.11 Å². The standard InChI is InChI=1S/C10H8N4O3S/c15-8(16)1-7-4-18-10(13-7)14-9(17)6-2-11-5-12-3-6/h2-5H,1H2,(H,15,16)(H,13,14,17). The fourth-order valence-corrected chi connectivity index (χ4v) is 1.89. The molecular formula is C10H8N4O3S. The molecule has 2 aromatic rings. The maximum absolute atomic E-state index is 11.7. The van der Waals surface area contributed by atoms with Crippen molar-refractivity contribution in [2.75, 3.05) is 5.32 Å². The molecule has 0 atom stereocenters. The lowest BCUT2D eigenvalue weighted by atomic mass is 10.3. The number of carbonyl (C=O) groups is 2. The van der Waals surface area contributed by atoms with Gasteiger partial charge in [0.25, 0.3) is 5.91 Å². The highest BCUT2D eigenvalue weighted by atomic mass is 32.1. The van der Waals surface area contributed by atoms with Gasteiger partial charge in [0, 0.05) is 17.8 Å². The Balaban J connectivity index is 2.04. The Hall–Kier alpha value is -2.35. The number of amides is 1. The van der Waals surface area contributed by atoms with Crippen molar-refractivity contribution in [3.63, 3.8) is 0 Å². The topological polar surface area (TPSA) is 105 Å². The van der Waals surface area contributed by atoms with Gasteiger partial charge in [0.05, 0.1) is 17.7 Å². The third-order valence-corrected chi connectivity index (χ3v) is 2.73. The van der Waals surface area contributed by atoms with Crippen molar-refractivity contribution in [3.8, 4) is 0 Å². The van der Waals surface area contributed by atoms with Gasteiger partial charge in [-0.3, -0.25) is 14.9 Å². The number of aliphatic carboxylic acids is 1. The van der Waals surface area contributed by atoms with E-state index in [9.17, 15) is 9.59 Å². The monoisotopic (exact) mass is 264 g/mol. The van der Waals surface area contributed by atoms with Gasteiger partial charge in [0.1, 0.15) is 6.33 Å². The predicted octanol–water partition coefficient (Wildman–Crippen LogP) is 0.812. The Kier molecular flexibility index (Phi) is 3.58. The Morgan fingerprint density at radius 1 is 1.33 bits per heavy atom. The van der Waals surface area contributed by atoms with Gasteiger partial charge in [-0.05, 0) is 0 Å². The fraction of sp³-hybridized carbons (Fsp3) is 0.100. The minimum atomic E-state index is -0.963. The Morgan fingerprint density at radius 2 is 2.06 bits per heavy atom. The van der Waals surface area contributed by atoms with Gasteiger partial charge in [-0.25, -0.2) is 15.0 Å². The molecule has 0 radical (unpaired) electrons. The second kappa shape index (κ2) is 5.32. The number of carboxylic acid groups (broad SMARTS) is 1. The van der Waals surface area contributed by atoms with Crippen molar-refractivity contribution in [1.29, 1.82) is 0 Å². The van der Waals surface area contributed by atoms with Crippen LogP contribution in [0.5, 0.6) is 0 Å². The summed E-state index contributed by atoms with van der Waals surface area (Å²) in [6, 6.07) is 0. The molecule has 0 saturated heterocycles. The van der Waals surface area contributed by atoms with E-state index in [1.807, 2.05) is 0 Å². The van der Waals surface area contributed by atoms with E-state index in [-0.39, 0.29) is 12.3 Å². The van der Waals surface area contributed by atoms with E-state index in [2.05, 4.69) is 20.3 Å². The molecule has 2 aromatic heterocycles. The smallest absolute Gasteiger partial charge is 0.309 e. The number of anilines is 1. The lowest BCUT2D eigenvalue weighted by Gasteiger charge is -1.99. The Bertz CT molecular complexity index is 570. The fourth-order valence-electron chi connectivity index (χ4n) is 1.19. The molecule has 8 heteroatoms. The van der Waals surface area contributed by atoms with E-state index >= 15 is 0 Å². The molecule has 2 heterocycles. The van der Waals surface area contributed by atoms with Gasteiger partial charge >= 0.3 is 5.97 Å². The number of thiazole rings is 1. The summed E-state index contributed by atoms with van der Waals surface area (Å²) in [5.74, 6) is -1.35. The minimum Gasteiger partial charge on any atom is -0.481 e. The lowest BCUT2D eigenvalue weighted by Crippen LogP contribution is -2.12. The number of carboxylic acids is 1. The number of hydrogen-bond acceptors (Lipinski definition) is 6. The molecule has 0 saturated carbocycles. The third kappa shape index (κ3) is 3.08. The summed E-state index contributed by atoms with van der Waals surface area (Å²) in [6.45, 7) is 0. The van der Waals surface area contributed by atoms with Crippen molar-refractivity contribution in [2.45, 2.75) is 6.42 Å². The molecular weight excluding hydrogens is 256 g/mol. The van der Waals surface area contributed by atoms with Gasteiger partial charge in [0.15, 0.2) is 5.13 Å². The van der Waals surface area contributed by atoms with Crippen LogP contribution in [-0.4, -0.2) is 31.9 Å². The zero-order valence-corrected chi connectivity index (χ0v) is 9.85. The summed E-state index contributed by atoms with van der Waals surface area (Å²) >= 11 is 1.17. The number of nitrogens with zero attached hydrogens (tertiary/aromatic N) is 3. The Labute approximate surface area is 106 Å². The molecule has 0 bridgehead atoms. The number of hydrogen-bond donors (Lipinski definition) is 2. The second-order valence-corrected chi connectivity index (χ2v) is 4.15. The number of aromatic nitrogens is 3. The number of carbonyl (C=O) groups excluding carboxylic acids is 1. The first-order chi connectivity index (χ1) is 8.65. The van der Waals surface area contributed by atoms with Gasteiger partial charge in [-0.2, -0.15) is 0 Å². The molecule has 1 amide bonds. The van der Waals surface area contributed by atoms with Crippen molar-refractivity contribution < 1.29 is 14.7 Å². The van der Waals surface area contributed by atoms with Crippen LogP contribution in [0.1, 0.15) is 16.1 Å². The second-order valence-electron chi connectivity index (χ2n) is 3.30. The molecule has 0 aromatic carbocycles. The first-order valence-corrected chi connectivity index (χ1v) is 5.75. The molecule has 0 spiro atoms. The molecule has 18 heavy (non-hydrogen) atoms. The van der Waals surface area contributed by atoms with Gasteiger partial charge in [-0.15, -0.1) is 11.3 Å². The van der Waals surface area contributed by atoms with E-state index < -0.39 is 5.97 Å². The van der Waals surface area contributed by atoms with Crippen LogP contribution in [0.2, 0.25) is 0 Å². The number of nitrogens with one attached hydrogen (secondary N) is 1. The SMILES string of the molecule is O=C(O)Cc1csc(NC(=O)c2cncnc2)n1. The quantitative estimate of drug-likeness (QED) is 0.846. The van der Waals surface area contributed by atoms with E-state index in [0.29, 0.717) is 16.4 Å². The van der Waals surface area contributed by atoms with Crippen LogP contribution in [-0.2, 0) is 11.2 Å². The zero-order chi connectivity index (χ0) is 13.0. The summed E-state index contributed by atoms with van der Waals surface area (Å²) in [5, 5.41) is 13.1. The van der Waals surface area contributed by atoms with Crippen molar-refractivity contribution in [1.82, 2.24) is 15.0 Å². The van der Waals surface area contributed by atoms with Gasteiger partial charge < -0.3 is 5.11 Å². The lowest BCUT2D eigenvalue weighted by molar-refractivity contribution is -0.136. The van der Waals surface area contributed by atoms with Crippen LogP contribution >= 0.6 is 11.3 Å². The van der Waals surface area contributed by atoms with Crippen molar-refractivity contribution in [2.24, 2.45) is 0 Å². The third-order valence-electron chi connectivity index (χ3n) is 1.93. The molecule has 0 aliphatic heterocycles. The maximum Gasteiger partial charge on any atom is 0.309 e. The summed E-state index contributed by atoms with van der Waals surface area (Å²) in [6.07, 6.45) is 3.92. The van der Waals surface area contributed by atoms with E-state index in [1.54, 1.807) is 5.38 Å². The first-order valence-electron chi connectivity index (χ1n) is 4.87. The molecule has 2 N–H and O–H groups in total. The van der Waals surface area contributed by atoms with Crippen LogP contribution < -0.4 is 5.32 Å².